The topological polar surface area (TPSA) is 41.6 Å². The minimum atomic E-state index is 0. The van der Waals surface area contributed by atoms with Gasteiger partial charge in [0.25, 0.3) is 0 Å². The highest BCUT2D eigenvalue weighted by molar-refractivity contribution is 5.85. The van der Waals surface area contributed by atoms with E-state index in [2.05, 4.69) is 19.2 Å². The van der Waals surface area contributed by atoms with E-state index in [0.29, 0.717) is 12.5 Å². The fourth-order valence-corrected chi connectivity index (χ4v) is 2.63. The van der Waals surface area contributed by atoms with Gasteiger partial charge in [-0.1, -0.05) is 12.1 Å². The van der Waals surface area contributed by atoms with Gasteiger partial charge in [-0.15, -0.1) is 12.4 Å². The van der Waals surface area contributed by atoms with Gasteiger partial charge >= 0.3 is 0 Å². The second-order valence-corrected chi connectivity index (χ2v) is 5.42. The van der Waals surface area contributed by atoms with Gasteiger partial charge in [-0.25, -0.2) is 0 Å². The molecule has 0 spiro atoms. The molecule has 4 nitrogen and oxygen atoms in total. The lowest BCUT2D eigenvalue weighted by molar-refractivity contribution is -0.134. The molecule has 1 heterocycles. The van der Waals surface area contributed by atoms with Crippen molar-refractivity contribution in [2.24, 2.45) is 0 Å². The van der Waals surface area contributed by atoms with E-state index >= 15 is 0 Å². The number of halogens is 1. The number of benzene rings is 1. The summed E-state index contributed by atoms with van der Waals surface area (Å²) in [5.74, 6) is 1.09. The first-order chi connectivity index (χ1) is 9.61. The maximum Gasteiger partial charge on any atom is 0.223 e. The van der Waals surface area contributed by atoms with Gasteiger partial charge in [-0.2, -0.15) is 0 Å². The summed E-state index contributed by atoms with van der Waals surface area (Å²) >= 11 is 0. The molecule has 2 rings (SSSR count). The molecule has 2 atom stereocenters. The Bertz CT molecular complexity index is 467. The number of carbonyl (C=O) groups is 1. The number of hydrogen-bond donors (Lipinski definition) is 1. The molecule has 1 N–H and O–H groups in total. The summed E-state index contributed by atoms with van der Waals surface area (Å²) in [5.41, 5.74) is 1.15. The summed E-state index contributed by atoms with van der Waals surface area (Å²) in [4.78, 5) is 14.4. The van der Waals surface area contributed by atoms with Crippen LogP contribution in [0, 0.1) is 0 Å². The molecule has 0 radical (unpaired) electrons. The maximum atomic E-state index is 12.3. The van der Waals surface area contributed by atoms with E-state index in [-0.39, 0.29) is 24.4 Å². The minimum absolute atomic E-state index is 0. The Labute approximate surface area is 133 Å². The number of hydrogen-bond acceptors (Lipinski definition) is 3. The Morgan fingerprint density at radius 1 is 1.43 bits per heavy atom. The van der Waals surface area contributed by atoms with Gasteiger partial charge in [0, 0.05) is 31.6 Å². The van der Waals surface area contributed by atoms with Crippen LogP contribution in [0.15, 0.2) is 24.3 Å². The summed E-state index contributed by atoms with van der Waals surface area (Å²) in [6.45, 7) is 5.94. The lowest BCUT2D eigenvalue weighted by Crippen LogP contribution is -2.57. The molecule has 1 aromatic rings. The van der Waals surface area contributed by atoms with Gasteiger partial charge in [0.15, 0.2) is 0 Å². The van der Waals surface area contributed by atoms with Crippen LogP contribution in [0.1, 0.15) is 25.8 Å². The van der Waals surface area contributed by atoms with E-state index < -0.39 is 0 Å². The van der Waals surface area contributed by atoms with E-state index in [1.807, 2.05) is 29.2 Å². The van der Waals surface area contributed by atoms with E-state index in [0.717, 1.165) is 30.8 Å². The van der Waals surface area contributed by atoms with Crippen LogP contribution in [-0.2, 0) is 11.2 Å². The van der Waals surface area contributed by atoms with Crippen molar-refractivity contribution in [3.63, 3.8) is 0 Å². The zero-order valence-electron chi connectivity index (χ0n) is 13.0. The lowest BCUT2D eigenvalue weighted by atomic mass is 10.0. The predicted octanol–water partition coefficient (Wildman–Crippen LogP) is 2.26. The summed E-state index contributed by atoms with van der Waals surface area (Å²) in [6.07, 6.45) is 1.32. The van der Waals surface area contributed by atoms with E-state index in [4.69, 9.17) is 4.74 Å². The predicted molar refractivity (Wildman–Crippen MR) is 87.2 cm³/mol. The van der Waals surface area contributed by atoms with Crippen molar-refractivity contribution in [1.82, 2.24) is 10.2 Å². The number of nitrogens with zero attached hydrogens (tertiary/aromatic N) is 1. The number of carbonyl (C=O) groups excluding carboxylic acids is 1. The number of aryl methyl sites for hydroxylation is 1. The first kappa shape index (κ1) is 17.8. The lowest BCUT2D eigenvalue weighted by Gasteiger charge is -2.38. The second kappa shape index (κ2) is 8.25. The zero-order chi connectivity index (χ0) is 14.5. The largest absolute Gasteiger partial charge is 0.497 e. The van der Waals surface area contributed by atoms with Crippen LogP contribution in [0.3, 0.4) is 0 Å². The zero-order valence-corrected chi connectivity index (χ0v) is 13.8. The first-order valence-corrected chi connectivity index (χ1v) is 7.27. The highest BCUT2D eigenvalue weighted by Crippen LogP contribution is 2.16. The average molecular weight is 313 g/mol. The fraction of sp³-hybridized carbons (Fsp3) is 0.562. The number of ether oxygens (including phenoxy) is 1. The van der Waals surface area contributed by atoms with Crippen molar-refractivity contribution in [3.05, 3.63) is 29.8 Å². The van der Waals surface area contributed by atoms with Crippen molar-refractivity contribution >= 4 is 18.3 Å². The highest BCUT2D eigenvalue weighted by Gasteiger charge is 2.27. The van der Waals surface area contributed by atoms with Crippen LogP contribution in [0.4, 0.5) is 0 Å². The molecular weight excluding hydrogens is 288 g/mol. The third kappa shape index (κ3) is 4.61. The van der Waals surface area contributed by atoms with E-state index in [1.165, 1.54) is 0 Å². The highest BCUT2D eigenvalue weighted by atomic mass is 35.5. The van der Waals surface area contributed by atoms with Crippen LogP contribution in [0.2, 0.25) is 0 Å². The molecule has 5 heteroatoms. The number of methoxy groups -OCH3 is 1. The molecule has 0 saturated carbocycles. The Hall–Kier alpha value is -1.26. The smallest absolute Gasteiger partial charge is 0.223 e. The molecular formula is C16H25ClN2O2. The van der Waals surface area contributed by atoms with Crippen molar-refractivity contribution in [2.45, 2.75) is 38.8 Å². The Morgan fingerprint density at radius 3 is 2.90 bits per heavy atom. The van der Waals surface area contributed by atoms with Gasteiger partial charge in [0.2, 0.25) is 5.91 Å². The second-order valence-electron chi connectivity index (χ2n) is 5.42. The van der Waals surface area contributed by atoms with Crippen molar-refractivity contribution in [1.29, 1.82) is 0 Å². The monoisotopic (exact) mass is 312 g/mol. The molecule has 2 unspecified atom stereocenters. The average Bonchev–Trinajstić information content (AvgIpc) is 2.48. The van der Waals surface area contributed by atoms with Gasteiger partial charge < -0.3 is 15.0 Å². The summed E-state index contributed by atoms with van der Waals surface area (Å²) in [6, 6.07) is 8.56. The molecule has 1 amide bonds. The number of piperazine rings is 1. The summed E-state index contributed by atoms with van der Waals surface area (Å²) < 4.78 is 5.21. The van der Waals surface area contributed by atoms with Crippen molar-refractivity contribution in [3.8, 4) is 5.75 Å². The summed E-state index contributed by atoms with van der Waals surface area (Å²) in [7, 11) is 1.66. The van der Waals surface area contributed by atoms with Crippen LogP contribution in [-0.4, -0.2) is 43.1 Å². The van der Waals surface area contributed by atoms with Crippen LogP contribution in [0.5, 0.6) is 5.75 Å². The quantitative estimate of drug-likeness (QED) is 0.927. The van der Waals surface area contributed by atoms with Crippen LogP contribution in [0.25, 0.3) is 0 Å². The number of amides is 1. The van der Waals surface area contributed by atoms with Gasteiger partial charge in [-0.05, 0) is 38.0 Å². The molecule has 1 aliphatic rings. The molecule has 1 saturated heterocycles. The summed E-state index contributed by atoms with van der Waals surface area (Å²) in [5, 5.41) is 3.40. The number of nitrogens with one attached hydrogen (secondary N) is 1. The van der Waals surface area contributed by atoms with Crippen molar-refractivity contribution in [2.75, 3.05) is 20.2 Å². The first-order valence-electron chi connectivity index (χ1n) is 7.27. The number of rotatable bonds is 4. The van der Waals surface area contributed by atoms with Gasteiger partial charge in [-0.3, -0.25) is 4.79 Å². The molecule has 118 valence electrons. The Balaban J connectivity index is 0.00000220. The standard InChI is InChI=1S/C16H24N2O2.ClH/c1-12-13(2)18(10-9-17-12)16(19)8-7-14-5-4-6-15(11-14)20-3;/h4-6,11-13,17H,7-10H2,1-3H3;1H. The SMILES string of the molecule is COc1cccc(CCC(=O)N2CCNC(C)C2C)c1.Cl. The molecule has 0 aliphatic carbocycles. The molecule has 1 aromatic carbocycles. The third-order valence-electron chi connectivity index (χ3n) is 4.12. The van der Waals surface area contributed by atoms with E-state index in [9.17, 15) is 4.79 Å². The molecule has 1 aliphatic heterocycles. The van der Waals surface area contributed by atoms with Gasteiger partial charge in [0.1, 0.15) is 5.75 Å². The third-order valence-corrected chi connectivity index (χ3v) is 4.12. The molecule has 1 fully saturated rings. The van der Waals surface area contributed by atoms with E-state index in [1.54, 1.807) is 7.11 Å². The van der Waals surface area contributed by atoms with Crippen LogP contribution < -0.4 is 10.1 Å². The molecule has 0 bridgehead atoms. The molecule has 21 heavy (non-hydrogen) atoms. The maximum absolute atomic E-state index is 12.3. The fourth-order valence-electron chi connectivity index (χ4n) is 2.63. The minimum Gasteiger partial charge on any atom is -0.497 e. The Kier molecular flexibility index (Phi) is 6.99. The normalized spacial score (nSPS) is 21.6. The molecule has 0 aromatic heterocycles. The van der Waals surface area contributed by atoms with Crippen molar-refractivity contribution < 1.29 is 9.53 Å². The van der Waals surface area contributed by atoms with Crippen LogP contribution >= 0.6 is 12.4 Å². The Morgan fingerprint density at radius 2 is 2.19 bits per heavy atom. The van der Waals surface area contributed by atoms with Gasteiger partial charge in [0.05, 0.1) is 7.11 Å².